The minimum Gasteiger partial charge on any atom is -0.329 e. The Morgan fingerprint density at radius 3 is 2.33 bits per heavy atom. The van der Waals surface area contributed by atoms with Gasteiger partial charge in [0.2, 0.25) is 0 Å². The van der Waals surface area contributed by atoms with E-state index in [4.69, 9.17) is 28.9 Å². The highest BCUT2D eigenvalue weighted by atomic mass is 35.5. The van der Waals surface area contributed by atoms with Crippen LogP contribution in [0.5, 0.6) is 0 Å². The first-order valence-electron chi connectivity index (χ1n) is 7.72. The number of hydrogen-bond acceptors (Lipinski definition) is 2. The Morgan fingerprint density at radius 1 is 1.24 bits per heavy atom. The van der Waals surface area contributed by atoms with Crippen LogP contribution in [0.1, 0.15) is 45.2 Å². The highest BCUT2D eigenvalue weighted by Crippen LogP contribution is 2.37. The van der Waals surface area contributed by atoms with E-state index in [2.05, 4.69) is 25.7 Å². The monoisotopic (exact) mass is 328 g/mol. The first kappa shape index (κ1) is 17.1. The van der Waals surface area contributed by atoms with Gasteiger partial charge in [0.1, 0.15) is 0 Å². The number of likely N-dealkylation sites (tertiary alicyclic amines) is 1. The summed E-state index contributed by atoms with van der Waals surface area (Å²) in [6.45, 7) is 9.77. The van der Waals surface area contributed by atoms with Gasteiger partial charge in [-0.2, -0.15) is 0 Å². The molecule has 118 valence electrons. The van der Waals surface area contributed by atoms with Gasteiger partial charge in [-0.1, -0.05) is 50.0 Å². The summed E-state index contributed by atoms with van der Waals surface area (Å²) in [5, 5.41) is 1.39. The zero-order chi connectivity index (χ0) is 15.6. The predicted molar refractivity (Wildman–Crippen MR) is 92.0 cm³/mol. The van der Waals surface area contributed by atoms with Gasteiger partial charge >= 0.3 is 0 Å². The third-order valence-corrected chi connectivity index (χ3v) is 5.30. The third kappa shape index (κ3) is 4.13. The minimum absolute atomic E-state index is 0.190. The van der Waals surface area contributed by atoms with Gasteiger partial charge in [-0.25, -0.2) is 0 Å². The standard InChI is InChI=1S/C17H26Cl2N2/c1-17(2,3)12-6-8-21(9-7-12)16(11-20)14-5-4-13(18)10-15(14)19/h4-5,10,12,16H,6-9,11,20H2,1-3H3. The summed E-state index contributed by atoms with van der Waals surface area (Å²) in [4.78, 5) is 2.47. The van der Waals surface area contributed by atoms with Crippen molar-refractivity contribution in [2.24, 2.45) is 17.1 Å². The van der Waals surface area contributed by atoms with Gasteiger partial charge in [0, 0.05) is 22.6 Å². The van der Waals surface area contributed by atoms with E-state index in [1.807, 2.05) is 18.2 Å². The minimum atomic E-state index is 0.190. The van der Waals surface area contributed by atoms with E-state index in [0.717, 1.165) is 29.6 Å². The quantitative estimate of drug-likeness (QED) is 0.867. The zero-order valence-corrected chi connectivity index (χ0v) is 14.7. The molecule has 1 aliphatic heterocycles. The SMILES string of the molecule is CC(C)(C)C1CCN(C(CN)c2ccc(Cl)cc2Cl)CC1. The fourth-order valence-electron chi connectivity index (χ4n) is 3.32. The van der Waals surface area contributed by atoms with Crippen LogP contribution in [-0.2, 0) is 0 Å². The highest BCUT2D eigenvalue weighted by Gasteiger charge is 2.31. The lowest BCUT2D eigenvalue weighted by Gasteiger charge is -2.42. The smallest absolute Gasteiger partial charge is 0.0485 e. The summed E-state index contributed by atoms with van der Waals surface area (Å²) >= 11 is 12.3. The van der Waals surface area contributed by atoms with Gasteiger partial charge < -0.3 is 5.73 Å². The van der Waals surface area contributed by atoms with Crippen LogP contribution < -0.4 is 5.73 Å². The van der Waals surface area contributed by atoms with Crippen LogP contribution in [0.25, 0.3) is 0 Å². The number of benzene rings is 1. The van der Waals surface area contributed by atoms with Crippen molar-refractivity contribution >= 4 is 23.2 Å². The van der Waals surface area contributed by atoms with E-state index >= 15 is 0 Å². The molecule has 1 atom stereocenters. The lowest BCUT2D eigenvalue weighted by molar-refractivity contribution is 0.0847. The Kier molecular flexibility index (Phi) is 5.59. The van der Waals surface area contributed by atoms with Crippen LogP contribution in [0.3, 0.4) is 0 Å². The van der Waals surface area contributed by atoms with Gasteiger partial charge in [-0.15, -0.1) is 0 Å². The average Bonchev–Trinajstić information content (AvgIpc) is 2.41. The van der Waals surface area contributed by atoms with Gasteiger partial charge in [0.05, 0.1) is 0 Å². The highest BCUT2D eigenvalue weighted by molar-refractivity contribution is 6.35. The van der Waals surface area contributed by atoms with Crippen LogP contribution in [-0.4, -0.2) is 24.5 Å². The van der Waals surface area contributed by atoms with Crippen molar-refractivity contribution in [2.75, 3.05) is 19.6 Å². The van der Waals surface area contributed by atoms with E-state index in [-0.39, 0.29) is 6.04 Å². The number of rotatable bonds is 3. The van der Waals surface area contributed by atoms with E-state index < -0.39 is 0 Å². The fourth-order valence-corrected chi connectivity index (χ4v) is 3.86. The molecule has 1 aliphatic rings. The molecule has 0 radical (unpaired) electrons. The van der Waals surface area contributed by atoms with Crippen LogP contribution in [0.15, 0.2) is 18.2 Å². The average molecular weight is 329 g/mol. The van der Waals surface area contributed by atoms with Crippen LogP contribution in [0.2, 0.25) is 10.0 Å². The first-order valence-corrected chi connectivity index (χ1v) is 8.47. The van der Waals surface area contributed by atoms with E-state index in [0.29, 0.717) is 17.0 Å². The summed E-state index contributed by atoms with van der Waals surface area (Å²) < 4.78 is 0. The Labute approximate surface area is 138 Å². The van der Waals surface area contributed by atoms with Gasteiger partial charge in [0.25, 0.3) is 0 Å². The Bertz CT molecular complexity index is 474. The molecule has 0 amide bonds. The number of halogens is 2. The summed E-state index contributed by atoms with van der Waals surface area (Å²) in [6.07, 6.45) is 2.45. The van der Waals surface area contributed by atoms with Crippen molar-refractivity contribution in [1.29, 1.82) is 0 Å². The van der Waals surface area contributed by atoms with Gasteiger partial charge in [0.15, 0.2) is 0 Å². The Morgan fingerprint density at radius 2 is 1.86 bits per heavy atom. The molecule has 0 aliphatic carbocycles. The maximum absolute atomic E-state index is 6.36. The molecule has 1 heterocycles. The normalized spacial score (nSPS) is 19.7. The zero-order valence-electron chi connectivity index (χ0n) is 13.2. The van der Waals surface area contributed by atoms with Crippen molar-refractivity contribution in [1.82, 2.24) is 4.90 Å². The maximum Gasteiger partial charge on any atom is 0.0485 e. The molecular formula is C17H26Cl2N2. The third-order valence-electron chi connectivity index (χ3n) is 4.74. The van der Waals surface area contributed by atoms with E-state index in [9.17, 15) is 0 Å². The van der Waals surface area contributed by atoms with Crippen molar-refractivity contribution in [3.63, 3.8) is 0 Å². The van der Waals surface area contributed by atoms with E-state index in [1.54, 1.807) is 0 Å². The summed E-state index contributed by atoms with van der Waals surface area (Å²) in [7, 11) is 0. The molecule has 1 saturated heterocycles. The molecular weight excluding hydrogens is 303 g/mol. The second-order valence-electron chi connectivity index (χ2n) is 7.09. The molecule has 1 aromatic carbocycles. The lowest BCUT2D eigenvalue weighted by Crippen LogP contribution is -2.42. The summed E-state index contributed by atoms with van der Waals surface area (Å²) in [5.74, 6) is 0.785. The summed E-state index contributed by atoms with van der Waals surface area (Å²) in [6, 6.07) is 5.91. The lowest BCUT2D eigenvalue weighted by atomic mass is 9.75. The molecule has 21 heavy (non-hydrogen) atoms. The number of nitrogens with zero attached hydrogens (tertiary/aromatic N) is 1. The Balaban J connectivity index is 2.09. The molecule has 2 N–H and O–H groups in total. The molecule has 0 aromatic heterocycles. The van der Waals surface area contributed by atoms with Crippen LogP contribution >= 0.6 is 23.2 Å². The van der Waals surface area contributed by atoms with Crippen LogP contribution in [0.4, 0.5) is 0 Å². The molecule has 0 bridgehead atoms. The van der Waals surface area contributed by atoms with E-state index in [1.165, 1.54) is 12.8 Å². The predicted octanol–water partition coefficient (Wildman–Crippen LogP) is 4.75. The molecule has 4 heteroatoms. The number of hydrogen-bond donors (Lipinski definition) is 1. The summed E-state index contributed by atoms with van der Waals surface area (Å²) in [5.41, 5.74) is 7.52. The van der Waals surface area contributed by atoms with Crippen molar-refractivity contribution in [3.05, 3.63) is 33.8 Å². The number of nitrogens with two attached hydrogens (primary N) is 1. The topological polar surface area (TPSA) is 29.3 Å². The molecule has 2 rings (SSSR count). The largest absolute Gasteiger partial charge is 0.329 e. The molecule has 0 saturated carbocycles. The fraction of sp³-hybridized carbons (Fsp3) is 0.647. The second-order valence-corrected chi connectivity index (χ2v) is 7.94. The van der Waals surface area contributed by atoms with Crippen molar-refractivity contribution < 1.29 is 0 Å². The molecule has 1 unspecified atom stereocenters. The first-order chi connectivity index (χ1) is 9.82. The number of piperidine rings is 1. The Hall–Kier alpha value is -0.280. The maximum atomic E-state index is 6.36. The van der Waals surface area contributed by atoms with Crippen LogP contribution in [0, 0.1) is 11.3 Å². The van der Waals surface area contributed by atoms with Gasteiger partial charge in [-0.05, 0) is 55.0 Å². The second kappa shape index (κ2) is 6.87. The molecule has 0 spiro atoms. The molecule has 1 aromatic rings. The van der Waals surface area contributed by atoms with Crippen molar-refractivity contribution in [3.8, 4) is 0 Å². The van der Waals surface area contributed by atoms with Crippen molar-refractivity contribution in [2.45, 2.75) is 39.7 Å². The van der Waals surface area contributed by atoms with Gasteiger partial charge in [-0.3, -0.25) is 4.90 Å². The molecule has 1 fully saturated rings. The molecule has 2 nitrogen and oxygen atoms in total.